The standard InChI is InChI=1S/C12H16FN3O.ClH/c13-9-3-5-10(6-4-9)15-12(17)16-11-2-1-7-14-8-11;/h3-6,11,14H,1-2,7-8H2,(H2,15,16,17);1H. The van der Waals surface area contributed by atoms with Crippen LogP contribution in [0.25, 0.3) is 0 Å². The van der Waals surface area contributed by atoms with Crippen molar-refractivity contribution in [2.45, 2.75) is 18.9 Å². The van der Waals surface area contributed by atoms with Crippen LogP contribution in [0.5, 0.6) is 0 Å². The maximum absolute atomic E-state index is 12.7. The molecule has 1 heterocycles. The summed E-state index contributed by atoms with van der Waals surface area (Å²) in [5.41, 5.74) is 0.590. The summed E-state index contributed by atoms with van der Waals surface area (Å²) in [5, 5.41) is 8.77. The lowest BCUT2D eigenvalue weighted by Crippen LogP contribution is -2.47. The minimum Gasteiger partial charge on any atom is -0.334 e. The lowest BCUT2D eigenvalue weighted by molar-refractivity contribution is 0.245. The highest BCUT2D eigenvalue weighted by atomic mass is 35.5. The van der Waals surface area contributed by atoms with Crippen molar-refractivity contribution >= 4 is 24.1 Å². The fourth-order valence-corrected chi connectivity index (χ4v) is 1.86. The first kappa shape index (κ1) is 14.7. The van der Waals surface area contributed by atoms with E-state index in [0.29, 0.717) is 5.69 Å². The summed E-state index contributed by atoms with van der Waals surface area (Å²) < 4.78 is 12.7. The number of hydrogen-bond donors (Lipinski definition) is 3. The molecule has 2 rings (SSSR count). The largest absolute Gasteiger partial charge is 0.334 e. The van der Waals surface area contributed by atoms with Crippen molar-refractivity contribution in [1.29, 1.82) is 0 Å². The van der Waals surface area contributed by atoms with E-state index in [1.165, 1.54) is 24.3 Å². The molecular formula is C12H17ClFN3O. The number of anilines is 1. The van der Waals surface area contributed by atoms with E-state index in [-0.39, 0.29) is 30.3 Å². The number of rotatable bonds is 2. The third-order valence-corrected chi connectivity index (χ3v) is 2.73. The van der Waals surface area contributed by atoms with Gasteiger partial charge in [-0.25, -0.2) is 9.18 Å². The van der Waals surface area contributed by atoms with E-state index in [0.717, 1.165) is 25.9 Å². The number of piperidine rings is 1. The maximum Gasteiger partial charge on any atom is 0.319 e. The van der Waals surface area contributed by atoms with Crippen molar-refractivity contribution in [2.24, 2.45) is 0 Å². The second-order valence-corrected chi connectivity index (χ2v) is 4.15. The Morgan fingerprint density at radius 2 is 2.06 bits per heavy atom. The molecule has 0 spiro atoms. The minimum atomic E-state index is -0.313. The van der Waals surface area contributed by atoms with Crippen LogP contribution in [0.4, 0.5) is 14.9 Å². The van der Waals surface area contributed by atoms with Gasteiger partial charge in [0.1, 0.15) is 5.82 Å². The third-order valence-electron chi connectivity index (χ3n) is 2.73. The van der Waals surface area contributed by atoms with Crippen LogP contribution in [-0.2, 0) is 0 Å². The van der Waals surface area contributed by atoms with Gasteiger partial charge in [0.25, 0.3) is 0 Å². The van der Waals surface area contributed by atoms with Crippen LogP contribution in [-0.4, -0.2) is 25.2 Å². The van der Waals surface area contributed by atoms with Gasteiger partial charge in [-0.2, -0.15) is 0 Å². The molecule has 2 amide bonds. The number of amides is 2. The lowest BCUT2D eigenvalue weighted by atomic mass is 10.1. The highest BCUT2D eigenvalue weighted by Gasteiger charge is 2.14. The number of urea groups is 1. The van der Waals surface area contributed by atoms with Gasteiger partial charge in [0.15, 0.2) is 0 Å². The summed E-state index contributed by atoms with van der Waals surface area (Å²) in [5.74, 6) is -0.313. The topological polar surface area (TPSA) is 53.2 Å². The van der Waals surface area contributed by atoms with Crippen LogP contribution in [0.15, 0.2) is 24.3 Å². The van der Waals surface area contributed by atoms with Gasteiger partial charge in [-0.15, -0.1) is 12.4 Å². The molecular weight excluding hydrogens is 257 g/mol. The van der Waals surface area contributed by atoms with Gasteiger partial charge in [0.05, 0.1) is 0 Å². The lowest BCUT2D eigenvalue weighted by Gasteiger charge is -2.23. The van der Waals surface area contributed by atoms with Gasteiger partial charge >= 0.3 is 6.03 Å². The third kappa shape index (κ3) is 4.50. The van der Waals surface area contributed by atoms with Crippen molar-refractivity contribution in [3.05, 3.63) is 30.1 Å². The molecule has 3 N–H and O–H groups in total. The van der Waals surface area contributed by atoms with Gasteiger partial charge in [0.2, 0.25) is 0 Å². The smallest absolute Gasteiger partial charge is 0.319 e. The summed E-state index contributed by atoms with van der Waals surface area (Å²) in [4.78, 5) is 11.6. The number of carbonyl (C=O) groups excluding carboxylic acids is 1. The molecule has 0 aliphatic carbocycles. The molecule has 0 aromatic heterocycles. The summed E-state index contributed by atoms with van der Waals surface area (Å²) in [7, 11) is 0. The molecule has 4 nitrogen and oxygen atoms in total. The molecule has 1 aromatic rings. The number of carbonyl (C=O) groups is 1. The first-order valence-corrected chi connectivity index (χ1v) is 5.78. The van der Waals surface area contributed by atoms with Gasteiger partial charge in [0, 0.05) is 18.3 Å². The second kappa shape index (κ2) is 7.18. The number of halogens is 2. The Hall–Kier alpha value is -1.33. The molecule has 0 saturated carbocycles. The van der Waals surface area contributed by atoms with E-state index in [1.54, 1.807) is 0 Å². The van der Waals surface area contributed by atoms with E-state index in [4.69, 9.17) is 0 Å². The summed E-state index contributed by atoms with van der Waals surface area (Å²) in [6, 6.07) is 5.63. The second-order valence-electron chi connectivity index (χ2n) is 4.15. The SMILES string of the molecule is Cl.O=C(Nc1ccc(F)cc1)NC1CCCNC1. The van der Waals surface area contributed by atoms with Gasteiger partial charge in [-0.05, 0) is 43.7 Å². The van der Waals surface area contributed by atoms with Crippen molar-refractivity contribution < 1.29 is 9.18 Å². The summed E-state index contributed by atoms with van der Waals surface area (Å²) in [6.45, 7) is 1.81. The molecule has 18 heavy (non-hydrogen) atoms. The van der Waals surface area contributed by atoms with Gasteiger partial charge in [-0.1, -0.05) is 0 Å². The molecule has 100 valence electrons. The Morgan fingerprint density at radius 3 is 2.67 bits per heavy atom. The highest BCUT2D eigenvalue weighted by Crippen LogP contribution is 2.08. The highest BCUT2D eigenvalue weighted by molar-refractivity contribution is 5.89. The van der Waals surface area contributed by atoms with Crippen LogP contribution in [0.1, 0.15) is 12.8 Å². The minimum absolute atomic E-state index is 0. The normalized spacial score (nSPS) is 18.6. The van der Waals surface area contributed by atoms with Crippen LogP contribution in [0.2, 0.25) is 0 Å². The fourth-order valence-electron chi connectivity index (χ4n) is 1.86. The zero-order valence-corrected chi connectivity index (χ0v) is 10.7. The van der Waals surface area contributed by atoms with Crippen LogP contribution in [0.3, 0.4) is 0 Å². The van der Waals surface area contributed by atoms with Crippen molar-refractivity contribution in [3.63, 3.8) is 0 Å². The first-order chi connectivity index (χ1) is 8.24. The molecule has 0 bridgehead atoms. The Balaban J connectivity index is 0.00000162. The molecule has 6 heteroatoms. The molecule has 1 saturated heterocycles. The quantitative estimate of drug-likeness (QED) is 0.773. The molecule has 1 fully saturated rings. The molecule has 1 aliphatic heterocycles. The Labute approximate surface area is 112 Å². The Morgan fingerprint density at radius 1 is 1.33 bits per heavy atom. The molecule has 1 aliphatic rings. The fraction of sp³-hybridized carbons (Fsp3) is 0.417. The molecule has 1 atom stereocenters. The monoisotopic (exact) mass is 273 g/mol. The number of hydrogen-bond acceptors (Lipinski definition) is 2. The van der Waals surface area contributed by atoms with Crippen LogP contribution in [0, 0.1) is 5.82 Å². The van der Waals surface area contributed by atoms with Crippen LogP contribution < -0.4 is 16.0 Å². The van der Waals surface area contributed by atoms with E-state index >= 15 is 0 Å². The van der Waals surface area contributed by atoms with Crippen molar-refractivity contribution in [1.82, 2.24) is 10.6 Å². The maximum atomic E-state index is 12.7. The summed E-state index contributed by atoms with van der Waals surface area (Å²) in [6.07, 6.45) is 2.06. The van der Waals surface area contributed by atoms with E-state index < -0.39 is 0 Å². The van der Waals surface area contributed by atoms with Crippen molar-refractivity contribution in [2.75, 3.05) is 18.4 Å². The molecule has 1 unspecified atom stereocenters. The van der Waals surface area contributed by atoms with Crippen LogP contribution >= 0.6 is 12.4 Å². The zero-order chi connectivity index (χ0) is 12.1. The van der Waals surface area contributed by atoms with Crippen molar-refractivity contribution in [3.8, 4) is 0 Å². The van der Waals surface area contributed by atoms with E-state index in [2.05, 4.69) is 16.0 Å². The zero-order valence-electron chi connectivity index (χ0n) is 9.91. The van der Waals surface area contributed by atoms with E-state index in [9.17, 15) is 9.18 Å². The number of nitrogens with one attached hydrogen (secondary N) is 3. The van der Waals surface area contributed by atoms with E-state index in [1.807, 2.05) is 0 Å². The first-order valence-electron chi connectivity index (χ1n) is 5.78. The molecule has 1 aromatic carbocycles. The van der Waals surface area contributed by atoms with Gasteiger partial charge in [-0.3, -0.25) is 0 Å². The predicted octanol–water partition coefficient (Wildman–Crippen LogP) is 2.12. The summed E-state index contributed by atoms with van der Waals surface area (Å²) >= 11 is 0. The Bertz CT molecular complexity index is 379. The van der Waals surface area contributed by atoms with Gasteiger partial charge < -0.3 is 16.0 Å². The average Bonchev–Trinajstić information content (AvgIpc) is 2.33. The number of benzene rings is 1. The average molecular weight is 274 g/mol. The predicted molar refractivity (Wildman–Crippen MR) is 71.7 cm³/mol. The molecule has 0 radical (unpaired) electrons. The Kier molecular flexibility index (Phi) is 5.88.